The summed E-state index contributed by atoms with van der Waals surface area (Å²) in [5.74, 6) is 0.145. The van der Waals surface area contributed by atoms with Gasteiger partial charge in [0.25, 0.3) is 0 Å². The Hall–Kier alpha value is -2.71. The zero-order valence-corrected chi connectivity index (χ0v) is 16.1. The molecule has 0 atom stereocenters. The van der Waals surface area contributed by atoms with Gasteiger partial charge in [0.2, 0.25) is 5.78 Å². The second kappa shape index (κ2) is 9.69. The maximum Gasteiger partial charge on any atom is 0.217 e. The molecule has 2 heteroatoms. The van der Waals surface area contributed by atoms with Crippen LogP contribution in [-0.2, 0) is 0 Å². The smallest absolute Gasteiger partial charge is 0.217 e. The van der Waals surface area contributed by atoms with Crippen molar-refractivity contribution in [2.24, 2.45) is 0 Å². The molecule has 0 aliphatic heterocycles. The van der Waals surface area contributed by atoms with Crippen LogP contribution in [0.25, 0.3) is 21.5 Å². The minimum atomic E-state index is 0.145. The first kappa shape index (κ1) is 19.6. The first-order valence-corrected chi connectivity index (χ1v) is 9.23. The molecule has 0 aliphatic carbocycles. The summed E-state index contributed by atoms with van der Waals surface area (Å²) in [5, 5.41) is 6.66. The molecule has 134 valence electrons. The molecule has 0 radical (unpaired) electrons. The fourth-order valence-corrected chi connectivity index (χ4v) is 2.81. The molecule has 0 saturated carbocycles. The van der Waals surface area contributed by atoms with Gasteiger partial charge in [-0.3, -0.25) is 4.79 Å². The van der Waals surface area contributed by atoms with Crippen molar-refractivity contribution in [1.29, 1.82) is 0 Å². The van der Waals surface area contributed by atoms with Gasteiger partial charge in [0.15, 0.2) is 0 Å². The normalized spacial score (nSPS) is 10.6. The fraction of sp³-hybridized carbons (Fsp3) is 0.208. The average molecular weight is 346 g/mol. The molecule has 0 bridgehead atoms. The molecular weight excluding hydrogens is 318 g/mol. The van der Waals surface area contributed by atoms with Crippen LogP contribution in [0.2, 0.25) is 0 Å². The predicted octanol–water partition coefficient (Wildman–Crippen LogP) is 5.25. The number of hydrogen-bond donors (Lipinski definition) is 1. The number of quaternary nitrogens is 1. The minimum Gasteiger partial charge on any atom is -0.314 e. The standard InChI is InChI=1S/C22H21NO.C2H6/c1-16(2)6-5-13-23-15-22(24)19-11-12-21-18(14-19)10-9-17-7-3-4-8-20(17)21;1-2/h3-14,23H,15H2,1-2H3;1-2H3/p+1/b13-5-;. The van der Waals surface area contributed by atoms with E-state index in [4.69, 9.17) is 0 Å². The zero-order valence-electron chi connectivity index (χ0n) is 16.1. The summed E-state index contributed by atoms with van der Waals surface area (Å²) in [6.45, 7) is 8.52. The largest absolute Gasteiger partial charge is 0.314 e. The number of rotatable bonds is 5. The fourth-order valence-electron chi connectivity index (χ4n) is 2.81. The number of benzene rings is 3. The van der Waals surface area contributed by atoms with Gasteiger partial charge in [-0.05, 0) is 47.5 Å². The van der Waals surface area contributed by atoms with Crippen molar-refractivity contribution in [1.82, 2.24) is 0 Å². The number of fused-ring (bicyclic) bond motifs is 3. The molecule has 0 aliphatic rings. The second-order valence-corrected chi connectivity index (χ2v) is 6.21. The number of ketones is 1. The van der Waals surface area contributed by atoms with Crippen LogP contribution >= 0.6 is 0 Å². The number of carbonyl (C=O) groups excluding carboxylic acids is 1. The summed E-state index contributed by atoms with van der Waals surface area (Å²) in [4.78, 5) is 12.4. The van der Waals surface area contributed by atoms with E-state index in [1.165, 1.54) is 21.7 Å². The van der Waals surface area contributed by atoms with Crippen LogP contribution in [0.15, 0.2) is 78.5 Å². The monoisotopic (exact) mass is 346 g/mol. The molecule has 0 spiro atoms. The maximum absolute atomic E-state index is 12.4. The Morgan fingerprint density at radius 3 is 2.38 bits per heavy atom. The van der Waals surface area contributed by atoms with Crippen LogP contribution in [0.5, 0.6) is 0 Å². The summed E-state index contributed by atoms with van der Waals surface area (Å²) < 4.78 is 0. The topological polar surface area (TPSA) is 33.7 Å². The zero-order chi connectivity index (χ0) is 18.9. The molecule has 2 nitrogen and oxygen atoms in total. The highest BCUT2D eigenvalue weighted by atomic mass is 16.1. The lowest BCUT2D eigenvalue weighted by atomic mass is 9.99. The van der Waals surface area contributed by atoms with E-state index in [9.17, 15) is 4.79 Å². The Labute approximate surface area is 156 Å². The van der Waals surface area contributed by atoms with Gasteiger partial charge in [-0.2, -0.15) is 0 Å². The number of hydrogen-bond acceptors (Lipinski definition) is 1. The van der Waals surface area contributed by atoms with Crippen LogP contribution in [0.1, 0.15) is 38.1 Å². The van der Waals surface area contributed by atoms with Crippen LogP contribution in [0.3, 0.4) is 0 Å². The van der Waals surface area contributed by atoms with E-state index in [2.05, 4.69) is 36.4 Å². The highest BCUT2D eigenvalue weighted by molar-refractivity contribution is 6.09. The minimum absolute atomic E-state index is 0.145. The van der Waals surface area contributed by atoms with Gasteiger partial charge >= 0.3 is 0 Å². The van der Waals surface area contributed by atoms with Gasteiger partial charge in [-0.25, -0.2) is 0 Å². The number of carbonyl (C=O) groups is 1. The molecule has 26 heavy (non-hydrogen) atoms. The summed E-state index contributed by atoms with van der Waals surface area (Å²) in [7, 11) is 0. The first-order chi connectivity index (χ1) is 12.6. The summed E-state index contributed by atoms with van der Waals surface area (Å²) in [5.41, 5.74) is 2.01. The van der Waals surface area contributed by atoms with E-state index in [-0.39, 0.29) is 5.78 Å². The van der Waals surface area contributed by atoms with Crippen LogP contribution in [-0.4, -0.2) is 12.3 Å². The Bertz CT molecular complexity index is 947. The predicted molar refractivity (Wildman–Crippen MR) is 112 cm³/mol. The molecule has 0 amide bonds. The van der Waals surface area contributed by atoms with Gasteiger partial charge in [0.05, 0.1) is 6.20 Å². The quantitative estimate of drug-likeness (QED) is 0.382. The first-order valence-electron chi connectivity index (χ1n) is 9.23. The van der Waals surface area contributed by atoms with Crippen molar-refractivity contribution in [3.05, 3.63) is 84.1 Å². The van der Waals surface area contributed by atoms with Crippen LogP contribution in [0.4, 0.5) is 0 Å². The van der Waals surface area contributed by atoms with Gasteiger partial charge in [-0.15, -0.1) is 0 Å². The van der Waals surface area contributed by atoms with Crippen molar-refractivity contribution < 1.29 is 10.1 Å². The second-order valence-electron chi connectivity index (χ2n) is 6.21. The molecule has 0 saturated heterocycles. The summed E-state index contributed by atoms with van der Waals surface area (Å²) in [6, 6.07) is 18.5. The lowest BCUT2D eigenvalue weighted by Crippen LogP contribution is -2.79. The van der Waals surface area contributed by atoms with Crippen molar-refractivity contribution in [3.8, 4) is 0 Å². The van der Waals surface area contributed by atoms with E-state index in [1.54, 1.807) is 0 Å². The van der Waals surface area contributed by atoms with E-state index < -0.39 is 0 Å². The van der Waals surface area contributed by atoms with Gasteiger partial charge in [0.1, 0.15) is 6.54 Å². The Morgan fingerprint density at radius 2 is 1.62 bits per heavy atom. The molecule has 0 unspecified atom stereocenters. The average Bonchev–Trinajstić information content (AvgIpc) is 2.68. The molecule has 0 fully saturated rings. The number of allylic oxidation sites excluding steroid dienone is 3. The molecule has 3 aromatic rings. The highest BCUT2D eigenvalue weighted by Gasteiger charge is 2.09. The molecule has 3 aromatic carbocycles. The van der Waals surface area contributed by atoms with Crippen LogP contribution < -0.4 is 5.32 Å². The van der Waals surface area contributed by atoms with Gasteiger partial charge in [-0.1, -0.05) is 74.0 Å². The molecule has 2 N–H and O–H groups in total. The Kier molecular flexibility index (Phi) is 7.31. The third-order valence-corrected chi connectivity index (χ3v) is 4.05. The van der Waals surface area contributed by atoms with Crippen molar-refractivity contribution in [2.45, 2.75) is 27.7 Å². The van der Waals surface area contributed by atoms with Crippen molar-refractivity contribution >= 4 is 27.3 Å². The highest BCUT2D eigenvalue weighted by Crippen LogP contribution is 2.26. The molecular formula is C24H28NO+. The van der Waals surface area contributed by atoms with E-state index in [0.29, 0.717) is 6.54 Å². The molecule has 0 heterocycles. The van der Waals surface area contributed by atoms with E-state index in [0.717, 1.165) is 10.9 Å². The molecule has 0 aromatic heterocycles. The van der Waals surface area contributed by atoms with E-state index >= 15 is 0 Å². The summed E-state index contributed by atoms with van der Waals surface area (Å²) in [6.07, 6.45) is 5.93. The van der Waals surface area contributed by atoms with Gasteiger partial charge in [0, 0.05) is 5.56 Å². The van der Waals surface area contributed by atoms with Crippen LogP contribution in [0, 0.1) is 0 Å². The summed E-state index contributed by atoms with van der Waals surface area (Å²) >= 11 is 0. The molecule has 3 rings (SSSR count). The SMILES string of the molecule is CC.CC(C)=C/C=C\[NH2+]CC(=O)c1ccc2c(ccc3ccccc32)c1. The van der Waals surface area contributed by atoms with Gasteiger partial charge < -0.3 is 5.32 Å². The Morgan fingerprint density at radius 1 is 0.923 bits per heavy atom. The van der Waals surface area contributed by atoms with Crippen molar-refractivity contribution in [2.75, 3.05) is 6.54 Å². The Balaban J connectivity index is 0.00000117. The number of Topliss-reactive ketones (excluding diaryl/α,β-unsaturated/α-hetero) is 1. The lowest BCUT2D eigenvalue weighted by Gasteiger charge is -2.05. The van der Waals surface area contributed by atoms with Crippen molar-refractivity contribution in [3.63, 3.8) is 0 Å². The van der Waals surface area contributed by atoms with E-state index in [1.807, 2.05) is 69.6 Å². The number of nitrogens with two attached hydrogens (primary N) is 1. The third kappa shape index (κ3) is 4.90. The lowest BCUT2D eigenvalue weighted by molar-refractivity contribution is -0.574. The third-order valence-electron chi connectivity index (χ3n) is 4.05. The maximum atomic E-state index is 12.4.